The van der Waals surface area contributed by atoms with Crippen molar-refractivity contribution in [1.29, 1.82) is 0 Å². The molecule has 0 aliphatic heterocycles. The zero-order valence-corrected chi connectivity index (χ0v) is 21.3. The molecule has 0 aliphatic carbocycles. The minimum Gasteiger partial charge on any atom is -0.550 e. The van der Waals surface area contributed by atoms with Gasteiger partial charge in [0, 0.05) is 12.4 Å². The smallest absolute Gasteiger partial charge is 0.550 e. The Kier molecular flexibility index (Phi) is 19.1. The van der Waals surface area contributed by atoms with E-state index in [4.69, 9.17) is 0 Å². The summed E-state index contributed by atoms with van der Waals surface area (Å²) >= 11 is 0. The molecule has 0 aliphatic rings. The summed E-state index contributed by atoms with van der Waals surface area (Å²) in [6.45, 7) is 4.00. The summed E-state index contributed by atoms with van der Waals surface area (Å²) in [5.74, 6) is -4.26. The monoisotopic (exact) mass is 410 g/mol. The Bertz CT molecular complexity index is 511. The molecule has 10 heteroatoms. The van der Waals surface area contributed by atoms with Crippen LogP contribution >= 0.6 is 0 Å². The Morgan fingerprint density at radius 3 is 1.85 bits per heavy atom. The summed E-state index contributed by atoms with van der Waals surface area (Å²) in [4.78, 5) is 22.3. The van der Waals surface area contributed by atoms with Crippen molar-refractivity contribution in [2.45, 2.75) is 82.8 Å². The van der Waals surface area contributed by atoms with Gasteiger partial charge < -0.3 is 19.8 Å². The molecule has 26 heavy (non-hydrogen) atoms. The summed E-state index contributed by atoms with van der Waals surface area (Å²) < 4.78 is 29.9. The van der Waals surface area contributed by atoms with Crippen molar-refractivity contribution < 1.29 is 91.9 Å². The molecule has 2 unspecified atom stereocenters. The van der Waals surface area contributed by atoms with Crippen LogP contribution in [-0.2, 0) is 19.7 Å². The molecular weight excluding hydrogens is 382 g/mol. The Morgan fingerprint density at radius 1 is 0.962 bits per heavy atom. The van der Waals surface area contributed by atoms with Gasteiger partial charge in [-0.05, 0) is 12.3 Å². The van der Waals surface area contributed by atoms with Gasteiger partial charge in [0.15, 0.2) is 0 Å². The van der Waals surface area contributed by atoms with E-state index in [0.717, 1.165) is 38.5 Å². The van der Waals surface area contributed by atoms with Crippen LogP contribution in [0.3, 0.4) is 0 Å². The largest absolute Gasteiger partial charge is 1.00 e. The molecule has 0 aromatic rings. The molecule has 0 bridgehead atoms. The van der Waals surface area contributed by atoms with Crippen molar-refractivity contribution in [3.63, 3.8) is 0 Å². The Hall–Kier alpha value is 0.850. The maximum atomic E-state index is 11.7. The SMILES string of the molecule is CCCCCCC(CCCC)CC(CC(=O)[O-])(C(=O)[O-])S(=O)(=O)O.[Na+].[Na+]. The van der Waals surface area contributed by atoms with Gasteiger partial charge in [-0.2, -0.15) is 8.42 Å². The van der Waals surface area contributed by atoms with Crippen LogP contribution in [-0.4, -0.2) is 29.7 Å². The van der Waals surface area contributed by atoms with E-state index in [1.807, 2.05) is 13.8 Å². The van der Waals surface area contributed by atoms with Crippen molar-refractivity contribution in [2.24, 2.45) is 5.92 Å². The molecule has 0 spiro atoms. The number of carbonyl (C=O) groups excluding carboxylic acids is 2. The number of unbranched alkanes of at least 4 members (excludes halogenated alkanes) is 4. The number of hydrogen-bond donors (Lipinski definition) is 1. The third-order valence-corrected chi connectivity index (χ3v) is 5.81. The molecule has 0 rings (SSSR count). The maximum Gasteiger partial charge on any atom is 1.00 e. The first-order valence-corrected chi connectivity index (χ1v) is 9.93. The number of carbonyl (C=O) groups is 2. The quantitative estimate of drug-likeness (QED) is 0.172. The maximum absolute atomic E-state index is 11.7. The van der Waals surface area contributed by atoms with E-state index in [-0.39, 0.29) is 65.0 Å². The van der Waals surface area contributed by atoms with Crippen molar-refractivity contribution in [1.82, 2.24) is 0 Å². The topological polar surface area (TPSA) is 135 Å². The van der Waals surface area contributed by atoms with Gasteiger partial charge in [0.1, 0.15) is 4.75 Å². The van der Waals surface area contributed by atoms with Gasteiger partial charge in [0.2, 0.25) is 0 Å². The molecule has 0 amide bonds. The second-order valence-electron chi connectivity index (χ2n) is 6.37. The molecule has 0 fully saturated rings. The fourth-order valence-electron chi connectivity index (χ4n) is 2.93. The first kappa shape index (κ1) is 31.5. The number of hydrogen-bond acceptors (Lipinski definition) is 6. The Labute approximate surface area is 201 Å². The van der Waals surface area contributed by atoms with E-state index < -0.39 is 39.6 Å². The number of rotatable bonds is 14. The van der Waals surface area contributed by atoms with Gasteiger partial charge >= 0.3 is 59.1 Å². The van der Waals surface area contributed by atoms with Crippen LogP contribution < -0.4 is 69.3 Å². The van der Waals surface area contributed by atoms with Crippen LogP contribution in [0.4, 0.5) is 0 Å². The van der Waals surface area contributed by atoms with E-state index in [2.05, 4.69) is 0 Å². The van der Waals surface area contributed by atoms with Crippen LogP contribution in [0.15, 0.2) is 0 Å². The summed E-state index contributed by atoms with van der Waals surface area (Å²) in [7, 11) is -5.16. The molecule has 7 nitrogen and oxygen atoms in total. The van der Waals surface area contributed by atoms with E-state index in [9.17, 15) is 32.8 Å². The molecular formula is C16H28Na2O7S. The molecule has 0 aromatic heterocycles. The van der Waals surface area contributed by atoms with E-state index in [1.165, 1.54) is 0 Å². The Balaban J connectivity index is -0.00000264. The molecule has 0 aromatic carbocycles. The fraction of sp³-hybridized carbons (Fsp3) is 0.875. The molecule has 2 atom stereocenters. The van der Waals surface area contributed by atoms with Crippen molar-refractivity contribution in [2.75, 3.05) is 0 Å². The molecule has 0 saturated carbocycles. The summed E-state index contributed by atoms with van der Waals surface area (Å²) in [6, 6.07) is 0. The van der Waals surface area contributed by atoms with Crippen LogP contribution in [0.2, 0.25) is 0 Å². The normalized spacial score (nSPS) is 14.4. The fourth-order valence-corrected chi connectivity index (χ4v) is 3.89. The molecule has 0 saturated heterocycles. The standard InChI is InChI=1S/C16H30O7S.2Na/c1-3-5-7-8-10-13(9-6-4-2)11-16(15(19)20,12-14(17)18)24(21,22)23;;/h13H,3-12H2,1-2H3,(H,17,18)(H,19,20)(H,21,22,23);;/q;2*+1/p-2. The van der Waals surface area contributed by atoms with Crippen LogP contribution in [0.1, 0.15) is 78.1 Å². The number of carboxylic acids is 2. The van der Waals surface area contributed by atoms with E-state index >= 15 is 0 Å². The predicted molar refractivity (Wildman–Crippen MR) is 85.3 cm³/mol. The van der Waals surface area contributed by atoms with Gasteiger partial charge in [-0.1, -0.05) is 65.2 Å². The van der Waals surface area contributed by atoms with Crippen molar-refractivity contribution in [3.05, 3.63) is 0 Å². The second-order valence-corrected chi connectivity index (χ2v) is 8.10. The zero-order chi connectivity index (χ0) is 18.8. The molecule has 142 valence electrons. The molecule has 0 heterocycles. The minimum atomic E-state index is -5.16. The average Bonchev–Trinajstić information content (AvgIpc) is 2.45. The third kappa shape index (κ3) is 11.0. The Morgan fingerprint density at radius 2 is 1.46 bits per heavy atom. The summed E-state index contributed by atoms with van der Waals surface area (Å²) in [5.41, 5.74) is 0. The molecule has 0 radical (unpaired) electrons. The first-order chi connectivity index (χ1) is 11.1. The summed E-state index contributed by atoms with van der Waals surface area (Å²) in [5, 5.41) is 22.3. The summed E-state index contributed by atoms with van der Waals surface area (Å²) in [6.07, 6.45) is 4.74. The van der Waals surface area contributed by atoms with Gasteiger partial charge in [0.25, 0.3) is 10.1 Å². The zero-order valence-electron chi connectivity index (χ0n) is 16.5. The van der Waals surface area contributed by atoms with Crippen LogP contribution in [0.5, 0.6) is 0 Å². The van der Waals surface area contributed by atoms with Gasteiger partial charge in [-0.3, -0.25) is 4.55 Å². The van der Waals surface area contributed by atoms with Gasteiger partial charge in [-0.15, -0.1) is 0 Å². The van der Waals surface area contributed by atoms with Crippen LogP contribution in [0, 0.1) is 5.92 Å². The van der Waals surface area contributed by atoms with E-state index in [1.54, 1.807) is 0 Å². The number of carboxylic acid groups (broad SMARTS) is 2. The van der Waals surface area contributed by atoms with Crippen molar-refractivity contribution in [3.8, 4) is 0 Å². The van der Waals surface area contributed by atoms with Crippen LogP contribution in [0.25, 0.3) is 0 Å². The third-order valence-electron chi connectivity index (χ3n) is 4.35. The van der Waals surface area contributed by atoms with Gasteiger partial charge in [-0.25, -0.2) is 0 Å². The average molecular weight is 410 g/mol. The first-order valence-electron chi connectivity index (χ1n) is 8.49. The van der Waals surface area contributed by atoms with E-state index in [0.29, 0.717) is 12.8 Å². The molecule has 1 N–H and O–H groups in total. The number of aliphatic carboxylic acids is 2. The van der Waals surface area contributed by atoms with Crippen molar-refractivity contribution >= 4 is 22.1 Å². The minimum absolute atomic E-state index is 0. The van der Waals surface area contributed by atoms with Gasteiger partial charge in [0.05, 0.1) is 5.97 Å². The second kappa shape index (κ2) is 15.7. The predicted octanol–water partition coefficient (Wildman–Crippen LogP) is -5.32.